The molecule has 1 aromatic heterocycles. The molecule has 3 aromatic carbocycles. The smallest absolute Gasteiger partial charge is 0.237 e. The van der Waals surface area contributed by atoms with Gasteiger partial charge in [-0.2, -0.15) is 0 Å². The Morgan fingerprint density at radius 1 is 0.941 bits per heavy atom. The number of amides is 1. The third-order valence-electron chi connectivity index (χ3n) is 5.51. The van der Waals surface area contributed by atoms with Crippen LogP contribution < -0.4 is 5.32 Å². The molecule has 0 spiro atoms. The van der Waals surface area contributed by atoms with Crippen LogP contribution in [-0.2, 0) is 10.5 Å². The fourth-order valence-electron chi connectivity index (χ4n) is 3.46. The van der Waals surface area contributed by atoms with Crippen LogP contribution in [0.5, 0.6) is 0 Å². The van der Waals surface area contributed by atoms with Gasteiger partial charge in [-0.25, -0.2) is 0 Å². The predicted molar refractivity (Wildman–Crippen MR) is 142 cm³/mol. The van der Waals surface area contributed by atoms with Crippen LogP contribution >= 0.6 is 23.5 Å². The van der Waals surface area contributed by atoms with Gasteiger partial charge in [0, 0.05) is 16.3 Å². The maximum Gasteiger partial charge on any atom is 0.237 e. The van der Waals surface area contributed by atoms with Crippen LogP contribution in [0.3, 0.4) is 0 Å². The highest BCUT2D eigenvalue weighted by molar-refractivity contribution is 8.00. The third kappa shape index (κ3) is 5.90. The standard InChI is InChI=1S/C27H28N4OS2/c1-4-24(26(32)28-21-16-15-19(2)20(3)17-21)34-27-30-29-25(18-33-23-13-9-6-10-14-23)31(27)22-11-7-5-8-12-22/h5-17,24H,4,18H2,1-3H3,(H,28,32). The molecular formula is C27H28N4OS2. The van der Waals surface area contributed by atoms with Gasteiger partial charge >= 0.3 is 0 Å². The summed E-state index contributed by atoms with van der Waals surface area (Å²) in [6.07, 6.45) is 0.678. The molecule has 34 heavy (non-hydrogen) atoms. The highest BCUT2D eigenvalue weighted by atomic mass is 32.2. The zero-order chi connectivity index (χ0) is 23.9. The topological polar surface area (TPSA) is 59.8 Å². The average molecular weight is 489 g/mol. The molecule has 1 atom stereocenters. The molecule has 1 heterocycles. The van der Waals surface area contributed by atoms with Crippen LogP contribution in [0.15, 0.2) is 88.9 Å². The quantitative estimate of drug-likeness (QED) is 0.266. The number of hydrogen-bond donors (Lipinski definition) is 1. The SMILES string of the molecule is CCC(Sc1nnc(CSc2ccccc2)n1-c1ccccc1)C(=O)Nc1ccc(C)c(C)c1. The summed E-state index contributed by atoms with van der Waals surface area (Å²) in [7, 11) is 0. The van der Waals surface area contributed by atoms with Gasteiger partial charge in [-0.1, -0.05) is 61.2 Å². The summed E-state index contributed by atoms with van der Waals surface area (Å²) in [5, 5.41) is 12.5. The van der Waals surface area contributed by atoms with Crippen LogP contribution in [-0.4, -0.2) is 25.9 Å². The number of anilines is 1. The normalized spacial score (nSPS) is 11.9. The van der Waals surface area contributed by atoms with Crippen LogP contribution in [0.1, 0.15) is 30.3 Å². The van der Waals surface area contributed by atoms with Gasteiger partial charge in [-0.15, -0.1) is 22.0 Å². The Labute approximate surface area is 209 Å². The van der Waals surface area contributed by atoms with E-state index < -0.39 is 0 Å². The van der Waals surface area contributed by atoms with Gasteiger partial charge in [0.05, 0.1) is 11.0 Å². The maximum absolute atomic E-state index is 13.1. The molecule has 0 saturated heterocycles. The van der Waals surface area contributed by atoms with E-state index in [0.717, 1.165) is 27.9 Å². The van der Waals surface area contributed by atoms with Crippen molar-refractivity contribution in [1.82, 2.24) is 14.8 Å². The first-order valence-electron chi connectivity index (χ1n) is 11.3. The zero-order valence-corrected chi connectivity index (χ0v) is 21.2. The van der Waals surface area contributed by atoms with E-state index in [2.05, 4.69) is 39.1 Å². The summed E-state index contributed by atoms with van der Waals surface area (Å²) in [6, 6.07) is 26.3. The largest absolute Gasteiger partial charge is 0.325 e. The summed E-state index contributed by atoms with van der Waals surface area (Å²) in [5.74, 6) is 1.50. The van der Waals surface area contributed by atoms with E-state index in [-0.39, 0.29) is 11.2 Å². The van der Waals surface area contributed by atoms with E-state index in [9.17, 15) is 4.79 Å². The highest BCUT2D eigenvalue weighted by Gasteiger charge is 2.23. The van der Waals surface area contributed by atoms with Gasteiger partial charge in [-0.05, 0) is 67.8 Å². The molecule has 1 unspecified atom stereocenters. The minimum atomic E-state index is -0.289. The van der Waals surface area contributed by atoms with Crippen LogP contribution in [0.2, 0.25) is 0 Å². The number of benzene rings is 3. The van der Waals surface area contributed by atoms with Gasteiger partial charge in [0.1, 0.15) is 5.82 Å². The van der Waals surface area contributed by atoms with E-state index in [1.807, 2.05) is 80.6 Å². The Kier molecular flexibility index (Phi) is 8.08. The lowest BCUT2D eigenvalue weighted by molar-refractivity contribution is -0.115. The first kappa shape index (κ1) is 24.1. The molecule has 174 valence electrons. The molecule has 1 N–H and O–H groups in total. The first-order chi connectivity index (χ1) is 16.5. The number of para-hydroxylation sites is 1. The van der Waals surface area contributed by atoms with Crippen molar-refractivity contribution >= 4 is 35.1 Å². The van der Waals surface area contributed by atoms with Gasteiger partial charge in [0.2, 0.25) is 5.91 Å². The van der Waals surface area contributed by atoms with Crippen molar-refractivity contribution in [3.05, 3.63) is 95.8 Å². The molecule has 4 aromatic rings. The molecule has 1 amide bonds. The lowest BCUT2D eigenvalue weighted by Crippen LogP contribution is -2.25. The van der Waals surface area contributed by atoms with Gasteiger partial charge < -0.3 is 5.32 Å². The molecular weight excluding hydrogens is 460 g/mol. The summed E-state index contributed by atoms with van der Waals surface area (Å²) in [5.41, 5.74) is 4.17. The molecule has 0 bridgehead atoms. The zero-order valence-electron chi connectivity index (χ0n) is 19.6. The number of carbonyl (C=O) groups is 1. The number of carbonyl (C=O) groups excluding carboxylic acids is 1. The summed E-state index contributed by atoms with van der Waals surface area (Å²) < 4.78 is 2.06. The summed E-state index contributed by atoms with van der Waals surface area (Å²) in [4.78, 5) is 14.3. The average Bonchev–Trinajstić information content (AvgIpc) is 3.27. The fraction of sp³-hybridized carbons (Fsp3) is 0.222. The van der Waals surface area contributed by atoms with Crippen molar-refractivity contribution in [3.63, 3.8) is 0 Å². The van der Waals surface area contributed by atoms with Crippen LogP contribution in [0.4, 0.5) is 5.69 Å². The van der Waals surface area contributed by atoms with E-state index in [1.54, 1.807) is 11.8 Å². The van der Waals surface area contributed by atoms with E-state index in [1.165, 1.54) is 22.2 Å². The second-order valence-electron chi connectivity index (χ2n) is 7.97. The summed E-state index contributed by atoms with van der Waals surface area (Å²) in [6.45, 7) is 6.14. The van der Waals surface area contributed by atoms with Crippen molar-refractivity contribution in [1.29, 1.82) is 0 Å². The Morgan fingerprint density at radius 3 is 2.32 bits per heavy atom. The molecule has 0 fully saturated rings. The van der Waals surface area contributed by atoms with Crippen LogP contribution in [0, 0.1) is 13.8 Å². The first-order valence-corrected chi connectivity index (χ1v) is 13.1. The lowest BCUT2D eigenvalue weighted by Gasteiger charge is -2.16. The molecule has 4 rings (SSSR count). The van der Waals surface area contributed by atoms with Crippen molar-refractivity contribution in [2.75, 3.05) is 5.32 Å². The van der Waals surface area contributed by atoms with Crippen molar-refractivity contribution in [3.8, 4) is 5.69 Å². The number of aryl methyl sites for hydroxylation is 2. The van der Waals surface area contributed by atoms with Gasteiger partial charge in [0.25, 0.3) is 0 Å². The number of hydrogen-bond acceptors (Lipinski definition) is 5. The second-order valence-corrected chi connectivity index (χ2v) is 10.2. The minimum Gasteiger partial charge on any atom is -0.325 e. The minimum absolute atomic E-state index is 0.0291. The van der Waals surface area contributed by atoms with Crippen molar-refractivity contribution in [2.24, 2.45) is 0 Å². The molecule has 0 saturated carbocycles. The number of nitrogens with one attached hydrogen (secondary N) is 1. The van der Waals surface area contributed by atoms with Crippen molar-refractivity contribution in [2.45, 2.75) is 48.2 Å². The summed E-state index contributed by atoms with van der Waals surface area (Å²) >= 11 is 3.17. The Bertz CT molecular complexity index is 1240. The predicted octanol–water partition coefficient (Wildman–Crippen LogP) is 6.69. The van der Waals surface area contributed by atoms with Gasteiger partial charge in [-0.3, -0.25) is 9.36 Å². The second kappa shape index (κ2) is 11.4. The molecule has 7 heteroatoms. The molecule has 5 nitrogen and oxygen atoms in total. The Morgan fingerprint density at radius 2 is 1.65 bits per heavy atom. The third-order valence-corrected chi connectivity index (χ3v) is 7.83. The van der Waals surface area contributed by atoms with Gasteiger partial charge in [0.15, 0.2) is 5.16 Å². The highest BCUT2D eigenvalue weighted by Crippen LogP contribution is 2.31. The molecule has 0 radical (unpaired) electrons. The van der Waals surface area contributed by atoms with E-state index >= 15 is 0 Å². The Hall–Kier alpha value is -3.03. The Balaban J connectivity index is 1.56. The number of nitrogens with zero attached hydrogens (tertiary/aromatic N) is 3. The van der Waals surface area contributed by atoms with Crippen LogP contribution in [0.25, 0.3) is 5.69 Å². The van der Waals surface area contributed by atoms with Crippen molar-refractivity contribution < 1.29 is 4.79 Å². The fourth-order valence-corrected chi connectivity index (χ4v) is 5.29. The molecule has 0 aliphatic heterocycles. The van der Waals surface area contributed by atoms with E-state index in [4.69, 9.17) is 0 Å². The molecule has 0 aliphatic rings. The number of aromatic nitrogens is 3. The molecule has 0 aliphatic carbocycles. The van der Waals surface area contributed by atoms with E-state index in [0.29, 0.717) is 12.2 Å². The monoisotopic (exact) mass is 488 g/mol. The number of thioether (sulfide) groups is 2. The maximum atomic E-state index is 13.1. The number of rotatable bonds is 9. The lowest BCUT2D eigenvalue weighted by atomic mass is 10.1.